The Morgan fingerprint density at radius 1 is 1.23 bits per heavy atom. The Balaban J connectivity index is 1.95. The molecule has 140 valence electrons. The van der Waals surface area contributed by atoms with E-state index in [0.29, 0.717) is 36.3 Å². The largest absolute Gasteiger partial charge is 0.494 e. The average molecular weight is 356 g/mol. The zero-order valence-corrected chi connectivity index (χ0v) is 16.2. The minimum absolute atomic E-state index is 0.0309. The van der Waals surface area contributed by atoms with Crippen molar-refractivity contribution in [1.82, 2.24) is 19.4 Å². The first-order valence-electron chi connectivity index (χ1n) is 9.31. The van der Waals surface area contributed by atoms with E-state index in [0.717, 1.165) is 23.2 Å². The van der Waals surface area contributed by atoms with E-state index in [1.807, 2.05) is 25.1 Å². The van der Waals surface area contributed by atoms with Gasteiger partial charge in [-0.05, 0) is 52.8 Å². The lowest BCUT2D eigenvalue weighted by Gasteiger charge is -2.30. The number of hydrogen-bond donors (Lipinski definition) is 1. The molecule has 0 amide bonds. The number of nitrogens with one attached hydrogen (secondary N) is 1. The molecule has 0 aliphatic rings. The summed E-state index contributed by atoms with van der Waals surface area (Å²) in [5.74, 6) is 0.788. The van der Waals surface area contributed by atoms with Crippen LogP contribution in [-0.2, 0) is 6.54 Å². The maximum absolute atomic E-state index is 12.9. The summed E-state index contributed by atoms with van der Waals surface area (Å²) in [5.41, 5.74) is 2.12. The molecule has 2 aromatic heterocycles. The molecule has 6 heteroatoms. The fourth-order valence-corrected chi connectivity index (χ4v) is 3.52. The van der Waals surface area contributed by atoms with Gasteiger partial charge in [0.05, 0.1) is 12.9 Å². The standard InChI is InChI=1S/C20H28N4O2/c1-6-26-15-7-8-17-16(11-15)18-19(22-17)20(25)23(12-21-18)9-10-24(13(2)3)14(4)5/h7-8,11-14,22H,6,9-10H2,1-5H3. The first kappa shape index (κ1) is 18.5. The van der Waals surface area contributed by atoms with Crippen molar-refractivity contribution in [2.45, 2.75) is 53.2 Å². The highest BCUT2D eigenvalue weighted by atomic mass is 16.5. The molecule has 26 heavy (non-hydrogen) atoms. The third kappa shape index (κ3) is 3.46. The van der Waals surface area contributed by atoms with Crippen molar-refractivity contribution in [2.75, 3.05) is 13.2 Å². The van der Waals surface area contributed by atoms with Crippen molar-refractivity contribution in [3.63, 3.8) is 0 Å². The van der Waals surface area contributed by atoms with Crippen LogP contribution in [0.5, 0.6) is 5.75 Å². The van der Waals surface area contributed by atoms with E-state index < -0.39 is 0 Å². The van der Waals surface area contributed by atoms with Crippen LogP contribution in [0.2, 0.25) is 0 Å². The second kappa shape index (κ2) is 7.50. The Morgan fingerprint density at radius 3 is 2.62 bits per heavy atom. The van der Waals surface area contributed by atoms with Crippen molar-refractivity contribution < 1.29 is 4.74 Å². The quantitative estimate of drug-likeness (QED) is 0.705. The van der Waals surface area contributed by atoms with Crippen LogP contribution in [0.3, 0.4) is 0 Å². The predicted molar refractivity (Wildman–Crippen MR) is 106 cm³/mol. The molecule has 0 spiro atoms. The van der Waals surface area contributed by atoms with E-state index in [9.17, 15) is 4.79 Å². The van der Waals surface area contributed by atoms with E-state index >= 15 is 0 Å². The second-order valence-electron chi connectivity index (χ2n) is 7.16. The van der Waals surface area contributed by atoms with Gasteiger partial charge in [0.1, 0.15) is 16.8 Å². The summed E-state index contributed by atoms with van der Waals surface area (Å²) in [4.78, 5) is 23.1. The van der Waals surface area contributed by atoms with Gasteiger partial charge in [-0.25, -0.2) is 4.98 Å². The second-order valence-corrected chi connectivity index (χ2v) is 7.16. The Bertz CT molecular complexity index is 947. The van der Waals surface area contributed by atoms with Gasteiger partial charge in [0.15, 0.2) is 0 Å². The molecule has 0 unspecified atom stereocenters. The maximum atomic E-state index is 12.9. The Kier molecular flexibility index (Phi) is 5.32. The summed E-state index contributed by atoms with van der Waals surface area (Å²) in [6, 6.07) is 6.65. The van der Waals surface area contributed by atoms with Crippen LogP contribution in [0.15, 0.2) is 29.3 Å². The van der Waals surface area contributed by atoms with E-state index in [1.54, 1.807) is 10.9 Å². The van der Waals surface area contributed by atoms with Crippen LogP contribution >= 0.6 is 0 Å². The molecule has 0 aliphatic heterocycles. The van der Waals surface area contributed by atoms with Crippen molar-refractivity contribution in [3.05, 3.63) is 34.9 Å². The fraction of sp³-hybridized carbons (Fsp3) is 0.500. The first-order valence-corrected chi connectivity index (χ1v) is 9.31. The number of H-pyrrole nitrogens is 1. The molecule has 0 saturated heterocycles. The number of rotatable bonds is 7. The van der Waals surface area contributed by atoms with Gasteiger partial charge < -0.3 is 9.72 Å². The van der Waals surface area contributed by atoms with Gasteiger partial charge in [-0.2, -0.15) is 0 Å². The van der Waals surface area contributed by atoms with Gasteiger partial charge in [0.25, 0.3) is 5.56 Å². The number of hydrogen-bond acceptors (Lipinski definition) is 4. The number of benzene rings is 1. The molecular weight excluding hydrogens is 328 g/mol. The highest BCUT2D eigenvalue weighted by molar-refractivity contribution is 6.04. The molecule has 0 bridgehead atoms. The van der Waals surface area contributed by atoms with Crippen molar-refractivity contribution in [3.8, 4) is 5.75 Å². The molecule has 0 aliphatic carbocycles. The number of aromatic amines is 1. The summed E-state index contributed by atoms with van der Waals surface area (Å²) in [6.07, 6.45) is 1.66. The van der Waals surface area contributed by atoms with Crippen LogP contribution in [0.1, 0.15) is 34.6 Å². The Labute approximate surface area is 153 Å². The van der Waals surface area contributed by atoms with Crippen LogP contribution in [0.25, 0.3) is 21.9 Å². The van der Waals surface area contributed by atoms with Crippen LogP contribution in [0.4, 0.5) is 0 Å². The minimum atomic E-state index is -0.0309. The smallest absolute Gasteiger partial charge is 0.277 e. The van der Waals surface area contributed by atoms with E-state index in [-0.39, 0.29) is 5.56 Å². The molecule has 0 saturated carbocycles. The zero-order chi connectivity index (χ0) is 18.8. The Hall–Kier alpha value is -2.34. The van der Waals surface area contributed by atoms with Gasteiger partial charge in [0.2, 0.25) is 0 Å². The Morgan fingerprint density at radius 2 is 1.96 bits per heavy atom. The van der Waals surface area contributed by atoms with Gasteiger partial charge in [-0.15, -0.1) is 0 Å². The molecule has 0 radical (unpaired) electrons. The van der Waals surface area contributed by atoms with Crippen LogP contribution in [-0.4, -0.2) is 44.7 Å². The minimum Gasteiger partial charge on any atom is -0.494 e. The van der Waals surface area contributed by atoms with Gasteiger partial charge in [0, 0.05) is 36.1 Å². The topological polar surface area (TPSA) is 63.2 Å². The van der Waals surface area contributed by atoms with E-state index in [2.05, 4.69) is 42.6 Å². The zero-order valence-electron chi connectivity index (χ0n) is 16.2. The van der Waals surface area contributed by atoms with Gasteiger partial charge >= 0.3 is 0 Å². The summed E-state index contributed by atoms with van der Waals surface area (Å²) < 4.78 is 7.26. The summed E-state index contributed by atoms with van der Waals surface area (Å²) >= 11 is 0. The number of aromatic nitrogens is 3. The van der Waals surface area contributed by atoms with E-state index in [1.165, 1.54) is 0 Å². The summed E-state index contributed by atoms with van der Waals surface area (Å²) in [6.45, 7) is 12.7. The normalized spacial score (nSPS) is 12.2. The van der Waals surface area contributed by atoms with Crippen molar-refractivity contribution in [1.29, 1.82) is 0 Å². The van der Waals surface area contributed by atoms with Crippen LogP contribution < -0.4 is 10.3 Å². The third-order valence-corrected chi connectivity index (χ3v) is 4.78. The number of ether oxygens (including phenoxy) is 1. The number of fused-ring (bicyclic) bond motifs is 3. The molecule has 0 atom stereocenters. The fourth-order valence-electron chi connectivity index (χ4n) is 3.52. The van der Waals surface area contributed by atoms with Crippen molar-refractivity contribution in [2.24, 2.45) is 0 Å². The SMILES string of the molecule is CCOc1ccc2[nH]c3c(=O)n(CCN(C(C)C)C(C)C)cnc3c2c1. The van der Waals surface area contributed by atoms with Crippen molar-refractivity contribution >= 4 is 21.9 Å². The molecule has 3 aromatic rings. The average Bonchev–Trinajstić information content (AvgIpc) is 2.95. The molecule has 6 nitrogen and oxygen atoms in total. The number of nitrogens with zero attached hydrogens (tertiary/aromatic N) is 3. The predicted octanol–water partition coefficient (Wildman–Crippen LogP) is 3.40. The molecule has 1 N–H and O–H groups in total. The molecule has 3 rings (SSSR count). The molecule has 0 fully saturated rings. The highest BCUT2D eigenvalue weighted by Gasteiger charge is 2.15. The molecular formula is C20H28N4O2. The lowest BCUT2D eigenvalue weighted by molar-refractivity contribution is 0.167. The highest BCUT2D eigenvalue weighted by Crippen LogP contribution is 2.25. The lowest BCUT2D eigenvalue weighted by atomic mass is 10.2. The summed E-state index contributed by atoms with van der Waals surface area (Å²) in [5, 5.41) is 0.918. The van der Waals surface area contributed by atoms with Gasteiger partial charge in [-0.1, -0.05) is 0 Å². The van der Waals surface area contributed by atoms with Gasteiger partial charge in [-0.3, -0.25) is 14.3 Å². The lowest BCUT2D eigenvalue weighted by Crippen LogP contribution is -2.40. The monoisotopic (exact) mass is 356 g/mol. The van der Waals surface area contributed by atoms with Crippen LogP contribution in [0, 0.1) is 0 Å². The van der Waals surface area contributed by atoms with E-state index in [4.69, 9.17) is 4.74 Å². The summed E-state index contributed by atoms with van der Waals surface area (Å²) in [7, 11) is 0. The molecule has 2 heterocycles. The molecule has 1 aromatic carbocycles. The third-order valence-electron chi connectivity index (χ3n) is 4.78. The first-order chi connectivity index (χ1) is 12.4. The maximum Gasteiger partial charge on any atom is 0.277 e.